The maximum atomic E-state index is 11.5. The van der Waals surface area contributed by atoms with Crippen molar-refractivity contribution in [1.82, 2.24) is 0 Å². The van der Waals surface area contributed by atoms with Gasteiger partial charge >= 0.3 is 0 Å². The number of hydrogen-bond acceptors (Lipinski definition) is 1. The molecule has 1 rings (SSSR count). The zero-order chi connectivity index (χ0) is 9.52. The van der Waals surface area contributed by atoms with Crippen LogP contribution in [0.25, 0.3) is 0 Å². The lowest BCUT2D eigenvalue weighted by Gasteiger charge is -1.98. The van der Waals surface area contributed by atoms with Crippen molar-refractivity contribution in [1.29, 1.82) is 0 Å². The van der Waals surface area contributed by atoms with Crippen molar-refractivity contribution >= 4 is 5.78 Å². The lowest BCUT2D eigenvalue weighted by Crippen LogP contribution is -1.97. The number of benzene rings is 1. The number of Topliss-reactive ketones (excluding diaryl/α,β-unsaturated/α-hetero) is 1. The molecule has 0 saturated heterocycles. The van der Waals surface area contributed by atoms with Gasteiger partial charge < -0.3 is 0 Å². The van der Waals surface area contributed by atoms with Gasteiger partial charge in [-0.2, -0.15) is 0 Å². The maximum Gasteiger partial charge on any atom is 0.162 e. The molecule has 1 radical (unpaired) electrons. The standard InChI is InChI=1S/C12H15O/c1-2-3-5-10-12(13)11-8-6-4-7-9-11/h6-9H,2-3,5,10H2,1H3. The van der Waals surface area contributed by atoms with E-state index in [1.807, 2.05) is 12.1 Å². The summed E-state index contributed by atoms with van der Waals surface area (Å²) in [5.41, 5.74) is 0.815. The SMILES string of the molecule is CCCCCC(=O)c1cc[c]cc1. The van der Waals surface area contributed by atoms with Crippen LogP contribution < -0.4 is 0 Å². The Bertz CT molecular complexity index is 251. The molecule has 0 atom stereocenters. The van der Waals surface area contributed by atoms with Gasteiger partial charge in [-0.3, -0.25) is 4.79 Å². The Morgan fingerprint density at radius 1 is 1.31 bits per heavy atom. The summed E-state index contributed by atoms with van der Waals surface area (Å²) in [5, 5.41) is 0. The minimum Gasteiger partial charge on any atom is -0.294 e. The van der Waals surface area contributed by atoms with Crippen molar-refractivity contribution in [2.24, 2.45) is 0 Å². The third-order valence-corrected chi connectivity index (χ3v) is 2.05. The van der Waals surface area contributed by atoms with Crippen molar-refractivity contribution < 1.29 is 4.79 Å². The van der Waals surface area contributed by atoms with E-state index in [9.17, 15) is 4.79 Å². The molecule has 13 heavy (non-hydrogen) atoms. The molecule has 0 aliphatic rings. The number of carbonyl (C=O) groups excluding carboxylic acids is 1. The number of unbranched alkanes of at least 4 members (excludes halogenated alkanes) is 2. The lowest BCUT2D eigenvalue weighted by atomic mass is 10.1. The molecule has 0 saturated carbocycles. The Morgan fingerprint density at radius 3 is 2.62 bits per heavy atom. The fraction of sp³-hybridized carbons (Fsp3) is 0.417. The molecule has 69 valence electrons. The summed E-state index contributed by atoms with van der Waals surface area (Å²) in [5.74, 6) is 0.252. The number of carbonyl (C=O) groups is 1. The summed E-state index contributed by atoms with van der Waals surface area (Å²) in [6, 6.07) is 10.1. The molecule has 0 bridgehead atoms. The second kappa shape index (κ2) is 5.52. The highest BCUT2D eigenvalue weighted by atomic mass is 16.1. The van der Waals surface area contributed by atoms with E-state index in [1.54, 1.807) is 12.1 Å². The molecule has 0 aromatic heterocycles. The van der Waals surface area contributed by atoms with E-state index in [0.717, 1.165) is 24.8 Å². The average Bonchev–Trinajstić information content (AvgIpc) is 2.19. The summed E-state index contributed by atoms with van der Waals surface area (Å²) in [6.07, 6.45) is 3.99. The number of ketones is 1. The van der Waals surface area contributed by atoms with Gasteiger partial charge in [0.1, 0.15) is 0 Å². The largest absolute Gasteiger partial charge is 0.294 e. The Kier molecular flexibility index (Phi) is 4.24. The first kappa shape index (κ1) is 9.97. The normalized spacial score (nSPS) is 9.92. The number of rotatable bonds is 5. The van der Waals surface area contributed by atoms with Crippen LogP contribution in [0.5, 0.6) is 0 Å². The molecule has 0 heterocycles. The molecule has 0 aliphatic heterocycles. The first-order valence-electron chi connectivity index (χ1n) is 4.84. The predicted octanol–water partition coefficient (Wildman–Crippen LogP) is 3.25. The van der Waals surface area contributed by atoms with Crippen molar-refractivity contribution in [2.45, 2.75) is 32.6 Å². The van der Waals surface area contributed by atoms with Crippen LogP contribution in [0.15, 0.2) is 24.3 Å². The van der Waals surface area contributed by atoms with Crippen LogP contribution in [0.4, 0.5) is 0 Å². The fourth-order valence-electron chi connectivity index (χ4n) is 1.25. The fourth-order valence-corrected chi connectivity index (χ4v) is 1.25. The summed E-state index contributed by atoms with van der Waals surface area (Å²) in [6.45, 7) is 2.14. The Morgan fingerprint density at radius 2 is 2.00 bits per heavy atom. The zero-order valence-electron chi connectivity index (χ0n) is 8.05. The summed E-state index contributed by atoms with van der Waals surface area (Å²) >= 11 is 0. The molecule has 0 spiro atoms. The molecule has 1 aromatic rings. The van der Waals surface area contributed by atoms with E-state index in [2.05, 4.69) is 13.0 Å². The van der Waals surface area contributed by atoms with Crippen LogP contribution in [0.2, 0.25) is 0 Å². The van der Waals surface area contributed by atoms with Gasteiger partial charge in [-0.15, -0.1) is 0 Å². The van der Waals surface area contributed by atoms with Crippen LogP contribution in [0.1, 0.15) is 43.0 Å². The van der Waals surface area contributed by atoms with Gasteiger partial charge in [0.15, 0.2) is 5.78 Å². The smallest absolute Gasteiger partial charge is 0.162 e. The predicted molar refractivity (Wildman–Crippen MR) is 53.8 cm³/mol. The van der Waals surface area contributed by atoms with Gasteiger partial charge in [0.05, 0.1) is 0 Å². The highest BCUT2D eigenvalue weighted by Crippen LogP contribution is 2.07. The van der Waals surface area contributed by atoms with E-state index >= 15 is 0 Å². The molecule has 1 aromatic carbocycles. The Labute approximate surface area is 79.8 Å². The van der Waals surface area contributed by atoms with E-state index in [4.69, 9.17) is 0 Å². The maximum absolute atomic E-state index is 11.5. The minimum absolute atomic E-state index is 0.252. The van der Waals surface area contributed by atoms with Crippen LogP contribution in [-0.4, -0.2) is 5.78 Å². The molecule has 0 fully saturated rings. The van der Waals surface area contributed by atoms with Crippen LogP contribution in [-0.2, 0) is 0 Å². The minimum atomic E-state index is 0.252. The first-order valence-corrected chi connectivity index (χ1v) is 4.84. The Hall–Kier alpha value is -1.11. The summed E-state index contributed by atoms with van der Waals surface area (Å²) in [4.78, 5) is 11.5. The average molecular weight is 175 g/mol. The van der Waals surface area contributed by atoms with Gasteiger partial charge in [0, 0.05) is 12.0 Å². The van der Waals surface area contributed by atoms with Gasteiger partial charge in [0.25, 0.3) is 0 Å². The van der Waals surface area contributed by atoms with Gasteiger partial charge in [-0.05, 0) is 12.5 Å². The molecular formula is C12H15O. The monoisotopic (exact) mass is 175 g/mol. The third-order valence-electron chi connectivity index (χ3n) is 2.05. The van der Waals surface area contributed by atoms with Gasteiger partial charge in [0.2, 0.25) is 0 Å². The quantitative estimate of drug-likeness (QED) is 0.496. The highest BCUT2D eigenvalue weighted by Gasteiger charge is 2.02. The van der Waals surface area contributed by atoms with Gasteiger partial charge in [-0.25, -0.2) is 0 Å². The molecule has 1 heteroatoms. The molecule has 0 aliphatic carbocycles. The lowest BCUT2D eigenvalue weighted by molar-refractivity contribution is 0.0979. The second-order valence-corrected chi connectivity index (χ2v) is 3.17. The van der Waals surface area contributed by atoms with Crippen molar-refractivity contribution in [3.05, 3.63) is 35.9 Å². The highest BCUT2D eigenvalue weighted by molar-refractivity contribution is 5.95. The molecule has 1 nitrogen and oxygen atoms in total. The van der Waals surface area contributed by atoms with Crippen molar-refractivity contribution in [3.63, 3.8) is 0 Å². The van der Waals surface area contributed by atoms with Crippen molar-refractivity contribution in [2.75, 3.05) is 0 Å². The van der Waals surface area contributed by atoms with Crippen LogP contribution >= 0.6 is 0 Å². The van der Waals surface area contributed by atoms with E-state index < -0.39 is 0 Å². The summed E-state index contributed by atoms with van der Waals surface area (Å²) < 4.78 is 0. The molecule has 0 amide bonds. The molecule has 0 N–H and O–H groups in total. The van der Waals surface area contributed by atoms with Crippen molar-refractivity contribution in [3.8, 4) is 0 Å². The van der Waals surface area contributed by atoms with E-state index in [-0.39, 0.29) is 5.78 Å². The number of hydrogen-bond donors (Lipinski definition) is 0. The molecular weight excluding hydrogens is 160 g/mol. The van der Waals surface area contributed by atoms with E-state index in [1.165, 1.54) is 0 Å². The second-order valence-electron chi connectivity index (χ2n) is 3.17. The third kappa shape index (κ3) is 3.41. The zero-order valence-corrected chi connectivity index (χ0v) is 8.05. The Balaban J connectivity index is 2.40. The van der Waals surface area contributed by atoms with Crippen LogP contribution in [0.3, 0.4) is 0 Å². The van der Waals surface area contributed by atoms with E-state index in [0.29, 0.717) is 6.42 Å². The molecule has 0 unspecified atom stereocenters. The summed E-state index contributed by atoms with van der Waals surface area (Å²) in [7, 11) is 0. The van der Waals surface area contributed by atoms with Gasteiger partial charge in [-0.1, -0.05) is 44.0 Å². The van der Waals surface area contributed by atoms with Crippen LogP contribution in [0, 0.1) is 6.07 Å². The topological polar surface area (TPSA) is 17.1 Å². The first-order chi connectivity index (χ1) is 6.34.